The first-order valence-corrected chi connectivity index (χ1v) is 8.67. The van der Waals surface area contributed by atoms with E-state index in [-0.39, 0.29) is 6.10 Å². The molecule has 2 fully saturated rings. The zero-order chi connectivity index (χ0) is 13.9. The maximum absolute atomic E-state index is 9.85. The fourth-order valence-corrected chi connectivity index (χ4v) is 4.03. The molecule has 2 atom stereocenters. The summed E-state index contributed by atoms with van der Waals surface area (Å²) in [5.41, 5.74) is 0. The van der Waals surface area contributed by atoms with Gasteiger partial charge in [0, 0.05) is 19.1 Å². The van der Waals surface area contributed by atoms with Gasteiger partial charge in [-0.2, -0.15) is 0 Å². The second-order valence-corrected chi connectivity index (χ2v) is 8.18. The lowest BCUT2D eigenvalue weighted by Crippen LogP contribution is -2.49. The normalized spacial score (nSPS) is 33.5. The van der Waals surface area contributed by atoms with Crippen LogP contribution in [0.25, 0.3) is 0 Å². The summed E-state index contributed by atoms with van der Waals surface area (Å²) in [7, 11) is 0. The summed E-state index contributed by atoms with van der Waals surface area (Å²) in [5, 5.41) is 9.85. The number of rotatable bonds is 4. The van der Waals surface area contributed by atoms with Gasteiger partial charge in [0.15, 0.2) is 0 Å². The van der Waals surface area contributed by atoms with Crippen molar-refractivity contribution in [1.29, 1.82) is 0 Å². The van der Waals surface area contributed by atoms with Crippen molar-refractivity contribution in [3.05, 3.63) is 0 Å². The van der Waals surface area contributed by atoms with Crippen LogP contribution >= 0.6 is 46.2 Å². The Kier molecular flexibility index (Phi) is 6.49. The molecule has 0 aromatic rings. The molecule has 1 N–H and O–H groups in total. The van der Waals surface area contributed by atoms with E-state index in [0.29, 0.717) is 12.0 Å². The van der Waals surface area contributed by atoms with Gasteiger partial charge in [-0.05, 0) is 44.4 Å². The number of likely N-dealkylation sites (tertiary alicyclic amines) is 1. The molecule has 2 rings (SSSR count). The van der Waals surface area contributed by atoms with Gasteiger partial charge in [0.05, 0.1) is 12.7 Å². The molecule has 0 aromatic carbocycles. The Bertz CT molecular complexity index is 284. The maximum Gasteiger partial charge on any atom is 0.118 e. The monoisotopic (exact) mass is 421 g/mol. The van der Waals surface area contributed by atoms with Crippen molar-refractivity contribution in [2.75, 3.05) is 19.7 Å². The van der Waals surface area contributed by atoms with Gasteiger partial charge >= 0.3 is 0 Å². The molecule has 0 spiro atoms. The number of nitrogens with zero attached hydrogens (tertiary/aromatic N) is 1. The van der Waals surface area contributed by atoms with E-state index in [1.54, 1.807) is 0 Å². The number of hydrogen-bond donors (Lipinski definition) is 1. The molecule has 0 radical (unpaired) electrons. The fourth-order valence-electron chi connectivity index (χ4n) is 3.18. The molecule has 1 aliphatic carbocycles. The number of hydrogen-bond acceptors (Lipinski definition) is 3. The number of aliphatic hydroxyl groups excluding tert-OH is 1. The number of halogens is 3. The van der Waals surface area contributed by atoms with E-state index in [9.17, 15) is 5.11 Å². The highest BCUT2D eigenvalue weighted by Gasteiger charge is 2.34. The Labute approximate surface area is 139 Å². The molecule has 1 aliphatic heterocycles. The minimum atomic E-state index is -0.511. The van der Waals surface area contributed by atoms with Gasteiger partial charge in [-0.25, -0.2) is 0 Å². The summed E-state index contributed by atoms with van der Waals surface area (Å²) >= 11 is 14.3. The average Bonchev–Trinajstić information content (AvgIpc) is 2.35. The van der Waals surface area contributed by atoms with Gasteiger partial charge in [-0.1, -0.05) is 0 Å². The van der Waals surface area contributed by atoms with Crippen molar-refractivity contribution in [3.63, 3.8) is 0 Å². The van der Waals surface area contributed by atoms with Crippen molar-refractivity contribution in [2.24, 2.45) is 5.92 Å². The van der Waals surface area contributed by atoms with E-state index in [1.165, 1.54) is 0 Å². The Morgan fingerprint density at radius 1 is 1.21 bits per heavy atom. The van der Waals surface area contributed by atoms with E-state index in [1.807, 2.05) is 23.0 Å². The predicted octanol–water partition coefficient (Wildman–Crippen LogP) is 3.54. The van der Waals surface area contributed by atoms with Crippen LogP contribution in [0.3, 0.4) is 0 Å². The van der Waals surface area contributed by atoms with Crippen LogP contribution in [-0.4, -0.2) is 46.2 Å². The lowest BCUT2D eigenvalue weighted by Gasteiger charge is -2.41. The first-order chi connectivity index (χ1) is 9.00. The first-order valence-electron chi connectivity index (χ1n) is 7.03. The Morgan fingerprint density at radius 3 is 2.53 bits per heavy atom. The summed E-state index contributed by atoms with van der Waals surface area (Å²) in [6.45, 7) is 2.55. The molecule has 1 saturated heterocycles. The van der Waals surface area contributed by atoms with E-state index in [0.717, 1.165) is 58.2 Å². The zero-order valence-corrected chi connectivity index (χ0v) is 14.7. The second-order valence-electron chi connectivity index (χ2n) is 5.91. The summed E-state index contributed by atoms with van der Waals surface area (Å²) < 4.78 is 4.76. The highest BCUT2D eigenvalue weighted by atomic mass is 127. The summed E-state index contributed by atoms with van der Waals surface area (Å²) in [4.78, 5) is 2.40. The topological polar surface area (TPSA) is 32.7 Å². The lowest BCUT2D eigenvalue weighted by molar-refractivity contribution is 0.0117. The minimum absolute atomic E-state index is 0.186. The molecule has 1 saturated carbocycles. The van der Waals surface area contributed by atoms with Crippen LogP contribution < -0.4 is 0 Å². The molecule has 0 bridgehead atoms. The third-order valence-corrected chi connectivity index (χ3v) is 5.50. The number of alkyl halides is 2. The third-order valence-electron chi connectivity index (χ3n) is 4.38. The summed E-state index contributed by atoms with van der Waals surface area (Å²) in [6.07, 6.45) is 5.64. The van der Waals surface area contributed by atoms with Crippen molar-refractivity contribution in [3.8, 4) is 0 Å². The Balaban J connectivity index is 1.85. The molecule has 3 nitrogen and oxygen atoms in total. The van der Waals surface area contributed by atoms with Gasteiger partial charge in [0.1, 0.15) is 27.3 Å². The standard InChI is InChI=1S/C13H22Cl2INO2/c14-13(15)5-3-10(4-6-13)7-17-8-12(18)2-1-11(17)9-19-16/h10-12,18H,1-9H2/t11-,12-/m1/s1. The van der Waals surface area contributed by atoms with Crippen LogP contribution in [0.2, 0.25) is 0 Å². The molecular formula is C13H22Cl2INO2. The second kappa shape index (κ2) is 7.45. The minimum Gasteiger partial charge on any atom is -0.392 e. The fraction of sp³-hybridized carbons (Fsp3) is 1.00. The number of aliphatic hydroxyl groups is 1. The zero-order valence-electron chi connectivity index (χ0n) is 11.0. The van der Waals surface area contributed by atoms with E-state index in [4.69, 9.17) is 26.3 Å². The van der Waals surface area contributed by atoms with E-state index in [2.05, 4.69) is 4.90 Å². The van der Waals surface area contributed by atoms with E-state index >= 15 is 0 Å². The van der Waals surface area contributed by atoms with Crippen LogP contribution in [-0.2, 0) is 3.07 Å². The van der Waals surface area contributed by atoms with Gasteiger partial charge in [0.25, 0.3) is 0 Å². The molecule has 1 heterocycles. The van der Waals surface area contributed by atoms with Crippen molar-refractivity contribution < 1.29 is 8.17 Å². The predicted molar refractivity (Wildman–Crippen MR) is 87.0 cm³/mol. The third kappa shape index (κ3) is 5.15. The number of piperidine rings is 1. The highest BCUT2D eigenvalue weighted by molar-refractivity contribution is 14.1. The van der Waals surface area contributed by atoms with Crippen LogP contribution in [0.5, 0.6) is 0 Å². The SMILES string of the molecule is O[C@@H]1CC[C@H](COI)N(CC2CCC(Cl)(Cl)CC2)C1. The van der Waals surface area contributed by atoms with Gasteiger partial charge < -0.3 is 8.17 Å². The molecule has 0 amide bonds. The largest absolute Gasteiger partial charge is 0.392 e. The first kappa shape index (κ1) is 16.6. The number of β-amino-alcohol motifs (C(OH)–C–C–N with tert-alkyl or cyclic N) is 1. The Hall–Kier alpha value is 1.19. The average molecular weight is 422 g/mol. The quantitative estimate of drug-likeness (QED) is 0.556. The van der Waals surface area contributed by atoms with E-state index < -0.39 is 4.33 Å². The van der Waals surface area contributed by atoms with Crippen LogP contribution in [0.4, 0.5) is 0 Å². The van der Waals surface area contributed by atoms with Gasteiger partial charge in [-0.15, -0.1) is 23.2 Å². The smallest absolute Gasteiger partial charge is 0.118 e. The molecular weight excluding hydrogens is 400 g/mol. The van der Waals surface area contributed by atoms with Gasteiger partial charge in [-0.3, -0.25) is 4.90 Å². The summed E-state index contributed by atoms with van der Waals surface area (Å²) in [6, 6.07) is 0.444. The molecule has 0 unspecified atom stereocenters. The van der Waals surface area contributed by atoms with Gasteiger partial charge in [0.2, 0.25) is 0 Å². The van der Waals surface area contributed by atoms with Crippen LogP contribution in [0, 0.1) is 5.92 Å². The Morgan fingerprint density at radius 2 is 1.89 bits per heavy atom. The molecule has 2 aliphatic rings. The summed E-state index contributed by atoms with van der Waals surface area (Å²) in [5.74, 6) is 0.646. The van der Waals surface area contributed by atoms with Crippen LogP contribution in [0.1, 0.15) is 38.5 Å². The van der Waals surface area contributed by atoms with Crippen LogP contribution in [0.15, 0.2) is 0 Å². The lowest BCUT2D eigenvalue weighted by atomic mass is 9.87. The molecule has 0 aromatic heterocycles. The molecule has 112 valence electrons. The molecule has 6 heteroatoms. The maximum atomic E-state index is 9.85. The highest BCUT2D eigenvalue weighted by Crippen LogP contribution is 2.40. The van der Waals surface area contributed by atoms with Crippen molar-refractivity contribution >= 4 is 46.2 Å². The van der Waals surface area contributed by atoms with Crippen molar-refractivity contribution in [2.45, 2.75) is 55.0 Å². The van der Waals surface area contributed by atoms with Crippen molar-refractivity contribution in [1.82, 2.24) is 4.90 Å². The molecule has 19 heavy (non-hydrogen) atoms.